The van der Waals surface area contributed by atoms with Gasteiger partial charge in [0.2, 0.25) is 0 Å². The van der Waals surface area contributed by atoms with Crippen molar-refractivity contribution in [1.82, 2.24) is 0 Å². The maximum atomic E-state index is 8.56. The third-order valence-corrected chi connectivity index (χ3v) is 1.80. The molecule has 2 aliphatic carbocycles. The van der Waals surface area contributed by atoms with Crippen molar-refractivity contribution in [3.8, 4) is 0 Å². The normalized spacial score (nSPS) is 22.0. The molecule has 2 fully saturated rings. The van der Waals surface area contributed by atoms with Crippen LogP contribution in [0.15, 0.2) is 0 Å². The van der Waals surface area contributed by atoms with Gasteiger partial charge in [-0.25, -0.2) is 0 Å². The monoisotopic (exact) mass is 292 g/mol. The SMILES string of the molecule is OC[C]1[CH][CH][C](CO)[CH]1.[CH]1[CH][CH][CH][CH]1.[Ru]. The summed E-state index contributed by atoms with van der Waals surface area (Å²) < 4.78 is 0. The first-order chi connectivity index (χ1) is 6.86. The van der Waals surface area contributed by atoms with Crippen LogP contribution in [-0.4, -0.2) is 23.4 Å². The molecule has 0 amide bonds. The molecular formula is C12H14O2Ru. The zero-order valence-corrected chi connectivity index (χ0v) is 10.0. The fourth-order valence-corrected chi connectivity index (χ4v) is 1.07. The van der Waals surface area contributed by atoms with E-state index in [1.165, 1.54) is 0 Å². The van der Waals surface area contributed by atoms with Crippen molar-refractivity contribution in [2.75, 3.05) is 13.2 Å². The molecule has 0 aromatic carbocycles. The molecular weight excluding hydrogens is 277 g/mol. The Hall–Kier alpha value is 0.543. The van der Waals surface area contributed by atoms with Crippen LogP contribution >= 0.6 is 0 Å². The van der Waals surface area contributed by atoms with Crippen LogP contribution in [0.5, 0.6) is 0 Å². The first-order valence-electron chi connectivity index (χ1n) is 4.49. The van der Waals surface area contributed by atoms with Gasteiger partial charge in [0.1, 0.15) is 0 Å². The Labute approximate surface area is 106 Å². The van der Waals surface area contributed by atoms with Gasteiger partial charge in [-0.2, -0.15) is 0 Å². The molecule has 82 valence electrons. The van der Waals surface area contributed by atoms with Crippen LogP contribution in [0.3, 0.4) is 0 Å². The second-order valence-corrected chi connectivity index (χ2v) is 2.91. The molecule has 0 spiro atoms. The smallest absolute Gasteiger partial charge is 0.0499 e. The van der Waals surface area contributed by atoms with E-state index in [1.807, 2.05) is 32.1 Å². The van der Waals surface area contributed by atoms with E-state index in [9.17, 15) is 0 Å². The molecule has 0 unspecified atom stereocenters. The summed E-state index contributed by atoms with van der Waals surface area (Å²) in [4.78, 5) is 0. The topological polar surface area (TPSA) is 40.5 Å². The van der Waals surface area contributed by atoms with Gasteiger partial charge in [0.25, 0.3) is 0 Å². The molecule has 15 heavy (non-hydrogen) atoms. The molecule has 0 aliphatic heterocycles. The Morgan fingerprint density at radius 1 is 0.733 bits per heavy atom. The number of aliphatic hydroxyl groups excluding tert-OH is 2. The molecule has 0 saturated heterocycles. The number of hydrogen-bond acceptors (Lipinski definition) is 2. The van der Waals surface area contributed by atoms with Crippen LogP contribution in [0, 0.1) is 63.2 Å². The van der Waals surface area contributed by atoms with Gasteiger partial charge in [-0.3, -0.25) is 0 Å². The summed E-state index contributed by atoms with van der Waals surface area (Å²) in [5, 5.41) is 17.1. The maximum Gasteiger partial charge on any atom is 0.0499 e. The van der Waals surface area contributed by atoms with Gasteiger partial charge >= 0.3 is 0 Å². The molecule has 0 atom stereocenters. The van der Waals surface area contributed by atoms with Crippen molar-refractivity contribution in [2.24, 2.45) is 0 Å². The van der Waals surface area contributed by atoms with E-state index in [0.29, 0.717) is 0 Å². The third-order valence-electron chi connectivity index (χ3n) is 1.80. The molecule has 0 aromatic heterocycles. The van der Waals surface area contributed by atoms with Gasteiger partial charge < -0.3 is 10.2 Å². The minimum absolute atomic E-state index is 0. The molecule has 2 aliphatic rings. The van der Waals surface area contributed by atoms with Crippen molar-refractivity contribution in [3.63, 3.8) is 0 Å². The second-order valence-electron chi connectivity index (χ2n) is 2.91. The van der Waals surface area contributed by atoms with Crippen LogP contribution in [0.1, 0.15) is 0 Å². The zero-order chi connectivity index (χ0) is 10.2. The Morgan fingerprint density at radius 3 is 1.27 bits per heavy atom. The van der Waals surface area contributed by atoms with Gasteiger partial charge in [0.15, 0.2) is 0 Å². The molecule has 2 rings (SSSR count). The average molecular weight is 291 g/mol. The van der Waals surface area contributed by atoms with Crippen LogP contribution in [0.25, 0.3) is 0 Å². The second kappa shape index (κ2) is 9.75. The molecule has 0 aromatic rings. The summed E-state index contributed by atoms with van der Waals surface area (Å²) in [5.41, 5.74) is 0. The van der Waals surface area contributed by atoms with Crippen molar-refractivity contribution < 1.29 is 29.7 Å². The average Bonchev–Trinajstić information content (AvgIpc) is 2.92. The molecule has 10 radical (unpaired) electrons. The molecule has 3 heteroatoms. The Bertz CT molecular complexity index is 120. The minimum Gasteiger partial charge on any atom is -0.396 e. The van der Waals surface area contributed by atoms with Crippen LogP contribution in [0.2, 0.25) is 0 Å². The van der Waals surface area contributed by atoms with E-state index in [1.54, 1.807) is 19.3 Å². The molecule has 2 nitrogen and oxygen atoms in total. The third kappa shape index (κ3) is 6.65. The van der Waals surface area contributed by atoms with Crippen molar-refractivity contribution >= 4 is 0 Å². The first-order valence-corrected chi connectivity index (χ1v) is 4.49. The van der Waals surface area contributed by atoms with Gasteiger partial charge in [-0.05, 0) is 51.4 Å². The molecule has 2 saturated carbocycles. The van der Waals surface area contributed by atoms with E-state index >= 15 is 0 Å². The van der Waals surface area contributed by atoms with E-state index in [4.69, 9.17) is 10.2 Å². The Balaban J connectivity index is 0.000000280. The Kier molecular flexibility index (Phi) is 10.1. The predicted molar refractivity (Wildman–Crippen MR) is 55.1 cm³/mol. The Morgan fingerprint density at radius 2 is 1.07 bits per heavy atom. The molecule has 2 N–H and O–H groups in total. The number of rotatable bonds is 2. The number of hydrogen-bond donors (Lipinski definition) is 2. The molecule has 0 bridgehead atoms. The molecule has 0 heterocycles. The summed E-state index contributed by atoms with van der Waals surface area (Å²) in [7, 11) is 0. The van der Waals surface area contributed by atoms with Gasteiger partial charge in [0, 0.05) is 44.5 Å². The maximum absolute atomic E-state index is 8.56. The first kappa shape index (κ1) is 15.5. The van der Waals surface area contributed by atoms with Crippen LogP contribution in [0.4, 0.5) is 0 Å². The fraction of sp³-hybridized carbons (Fsp3) is 0.167. The van der Waals surface area contributed by atoms with E-state index in [-0.39, 0.29) is 32.7 Å². The van der Waals surface area contributed by atoms with Crippen molar-refractivity contribution in [2.45, 2.75) is 0 Å². The quantitative estimate of drug-likeness (QED) is 0.738. The van der Waals surface area contributed by atoms with Gasteiger partial charge in [-0.15, -0.1) is 0 Å². The van der Waals surface area contributed by atoms with E-state index in [0.717, 1.165) is 11.8 Å². The van der Waals surface area contributed by atoms with E-state index < -0.39 is 0 Å². The van der Waals surface area contributed by atoms with Crippen LogP contribution < -0.4 is 0 Å². The minimum atomic E-state index is 0. The zero-order valence-electron chi connectivity index (χ0n) is 8.28. The predicted octanol–water partition coefficient (Wildman–Crippen LogP) is 0.765. The van der Waals surface area contributed by atoms with Crippen LogP contribution in [-0.2, 0) is 19.5 Å². The standard InChI is InChI=1S/C7H9O2.C5H5.Ru/c8-4-6-1-2-7(3-6)5-9;1-2-4-5-3-1;/h1-3,8-9H,4-5H2;1-5H;. The summed E-state index contributed by atoms with van der Waals surface area (Å²) in [6.07, 6.45) is 15.4. The summed E-state index contributed by atoms with van der Waals surface area (Å²) >= 11 is 0. The summed E-state index contributed by atoms with van der Waals surface area (Å²) in [5.74, 6) is 1.72. The van der Waals surface area contributed by atoms with Crippen molar-refractivity contribution in [3.05, 3.63) is 63.2 Å². The summed E-state index contributed by atoms with van der Waals surface area (Å²) in [6, 6.07) is 0. The fourth-order valence-electron chi connectivity index (χ4n) is 1.07. The van der Waals surface area contributed by atoms with E-state index in [2.05, 4.69) is 0 Å². The van der Waals surface area contributed by atoms with Gasteiger partial charge in [-0.1, -0.05) is 0 Å². The van der Waals surface area contributed by atoms with Gasteiger partial charge in [0.05, 0.1) is 0 Å². The van der Waals surface area contributed by atoms with Crippen molar-refractivity contribution in [1.29, 1.82) is 0 Å². The largest absolute Gasteiger partial charge is 0.396 e. The number of aliphatic hydroxyl groups is 2. The summed E-state index contributed by atoms with van der Waals surface area (Å²) in [6.45, 7) is 0.111.